The number of carbonyl (C=O) groups excluding carboxylic acids is 5. The number of fused-ring (bicyclic) bond motifs is 1. The van der Waals surface area contributed by atoms with Crippen LogP contribution < -0.4 is 25.6 Å². The number of sulfonamides is 1. The van der Waals surface area contributed by atoms with Gasteiger partial charge in [-0.1, -0.05) is 43.2 Å². The standard InChI is InChI=1S/C63H74F5N9O9S3/c1-60(2)21-19-42(50(35-60)61-38-62(39-61,40-61)59(64)65)36-75-29-31-76(32-30-75)45-12-9-41(10-13-45)55(79)72-89(85,86)47-14-16-51(53(34-47)88(83,84)63(66,67)68)70-44(37-87-46-7-4-3-5-8-46)20-24-74-27-25-73(26-28-74)23-6-22-69-43-11-15-48-49(33-43)58(82)77(57(48)81)52-17-18-54(78)71-56(52)80/h3-5,7-16,33-34,44,52,59,69-70H,6,17-32,35-40H2,1-2H3,(H,72,79)(H,71,78,80). The topological polar surface area (TPSA) is 218 Å². The van der Waals surface area contributed by atoms with E-state index < -0.39 is 94.3 Å². The van der Waals surface area contributed by atoms with Crippen molar-refractivity contribution in [1.82, 2.24) is 29.6 Å². The molecule has 18 nitrogen and oxygen atoms in total. The van der Waals surface area contributed by atoms with Crippen molar-refractivity contribution in [3.63, 3.8) is 0 Å². The second-order valence-electron chi connectivity index (χ2n) is 25.7. The molecule has 4 aliphatic carbocycles. The SMILES string of the molecule is CC1(C)CCC(CN2CCN(c3ccc(C(=O)NS(=O)(=O)c4ccc(NC(CCN5CCN(CCCNc6ccc7c(c6)C(=O)N(C6CCC(=O)NC6=O)C7=O)CC5)CSc5ccccc5)c(S(=O)(=O)C(F)(F)F)c4)cc3)CC2)=C(C23CC(C(F)F)(C2)C3)C1. The molecule has 6 fully saturated rings. The van der Waals surface area contributed by atoms with E-state index in [1.165, 1.54) is 35.0 Å². The van der Waals surface area contributed by atoms with E-state index in [1.54, 1.807) is 30.3 Å². The molecule has 2 unspecified atom stereocenters. The van der Waals surface area contributed by atoms with Gasteiger partial charge in [0.25, 0.3) is 37.6 Å². The van der Waals surface area contributed by atoms with Gasteiger partial charge in [-0.15, -0.1) is 11.8 Å². The Hall–Kier alpha value is -6.45. The lowest BCUT2D eigenvalue weighted by molar-refractivity contribution is -0.250. The molecule has 4 N–H and O–H groups in total. The average molecular weight is 1290 g/mol. The van der Waals surface area contributed by atoms with Crippen LogP contribution in [-0.2, 0) is 29.4 Å². The molecular weight excluding hydrogens is 1220 g/mol. The molecule has 8 aliphatic rings. The molecule has 0 radical (unpaired) electrons. The zero-order valence-corrected chi connectivity index (χ0v) is 52.1. The minimum Gasteiger partial charge on any atom is -0.385 e. The summed E-state index contributed by atoms with van der Waals surface area (Å²) in [5.41, 5.74) is -2.45. The van der Waals surface area contributed by atoms with Crippen LogP contribution >= 0.6 is 11.8 Å². The molecular formula is C63H74F5N9O9S3. The molecule has 3 saturated carbocycles. The summed E-state index contributed by atoms with van der Waals surface area (Å²) in [5.74, 6) is -3.08. The first-order valence-corrected chi connectivity index (χ1v) is 34.3. The predicted octanol–water partition coefficient (Wildman–Crippen LogP) is 8.65. The van der Waals surface area contributed by atoms with Gasteiger partial charge >= 0.3 is 5.51 Å². The van der Waals surface area contributed by atoms with Crippen molar-refractivity contribution in [3.05, 3.63) is 119 Å². The number of hydrogen-bond donors (Lipinski definition) is 4. The van der Waals surface area contributed by atoms with Gasteiger partial charge in [0.05, 0.1) is 21.7 Å². The number of nitrogens with zero attached hydrogens (tertiary/aromatic N) is 5. The molecule has 4 aliphatic heterocycles. The minimum atomic E-state index is -6.16. The zero-order valence-electron chi connectivity index (χ0n) is 49.7. The summed E-state index contributed by atoms with van der Waals surface area (Å²) >= 11 is 1.41. The van der Waals surface area contributed by atoms with Gasteiger partial charge in [-0.3, -0.25) is 39.1 Å². The number of sulfone groups is 1. The highest BCUT2D eigenvalue weighted by Gasteiger charge is 2.73. The molecule has 3 saturated heterocycles. The molecule has 26 heteroatoms. The summed E-state index contributed by atoms with van der Waals surface area (Å²) in [7, 11) is -11.1. The third-order valence-electron chi connectivity index (χ3n) is 19.0. The first kappa shape index (κ1) is 64.1. The largest absolute Gasteiger partial charge is 0.501 e. The first-order valence-electron chi connectivity index (χ1n) is 30.3. The Kier molecular flexibility index (Phi) is 18.2. The van der Waals surface area contributed by atoms with Crippen molar-refractivity contribution in [2.45, 2.75) is 117 Å². The van der Waals surface area contributed by atoms with Crippen LogP contribution in [0.4, 0.5) is 39.0 Å². The maximum atomic E-state index is 14.5. The molecule has 2 atom stereocenters. The Morgan fingerprint density at radius 1 is 0.775 bits per heavy atom. The Morgan fingerprint density at radius 3 is 2.10 bits per heavy atom. The lowest BCUT2D eigenvalue weighted by atomic mass is 9.32. The molecule has 4 aromatic carbocycles. The van der Waals surface area contributed by atoms with Crippen molar-refractivity contribution in [2.24, 2.45) is 16.2 Å². The van der Waals surface area contributed by atoms with Crippen molar-refractivity contribution < 1.29 is 62.8 Å². The Labute approximate surface area is 519 Å². The van der Waals surface area contributed by atoms with Gasteiger partial charge in [-0.25, -0.2) is 30.3 Å². The van der Waals surface area contributed by atoms with E-state index in [9.17, 15) is 62.8 Å². The fraction of sp³-hybridized carbons (Fsp3) is 0.508. The van der Waals surface area contributed by atoms with Gasteiger partial charge in [0.15, 0.2) is 0 Å². The molecule has 0 spiro atoms. The van der Waals surface area contributed by atoms with E-state index >= 15 is 0 Å². The van der Waals surface area contributed by atoms with Crippen LogP contribution in [0, 0.1) is 16.2 Å². The van der Waals surface area contributed by atoms with E-state index in [4.69, 9.17) is 0 Å². The van der Waals surface area contributed by atoms with Gasteiger partial charge in [0.1, 0.15) is 10.9 Å². The number of imide groups is 2. The lowest BCUT2D eigenvalue weighted by Gasteiger charge is -2.72. The van der Waals surface area contributed by atoms with Gasteiger partial charge in [-0.05, 0) is 148 Å². The number of carbonyl (C=O) groups is 5. The molecule has 4 heterocycles. The van der Waals surface area contributed by atoms with E-state index in [0.717, 1.165) is 79.5 Å². The van der Waals surface area contributed by atoms with Gasteiger partial charge in [0.2, 0.25) is 18.2 Å². The summed E-state index contributed by atoms with van der Waals surface area (Å²) < 4.78 is 127. The third kappa shape index (κ3) is 13.6. The number of piperidine rings is 1. The van der Waals surface area contributed by atoms with E-state index in [-0.39, 0.29) is 40.4 Å². The summed E-state index contributed by atoms with van der Waals surface area (Å²) in [6, 6.07) is 21.1. The highest BCUT2D eigenvalue weighted by atomic mass is 32.2. The number of amides is 5. The van der Waals surface area contributed by atoms with Gasteiger partial charge in [0, 0.05) is 117 Å². The Morgan fingerprint density at radius 2 is 1.44 bits per heavy atom. The fourth-order valence-corrected chi connectivity index (χ4v) is 17.0. The Bertz CT molecular complexity index is 3630. The van der Waals surface area contributed by atoms with Crippen molar-refractivity contribution in [3.8, 4) is 0 Å². The van der Waals surface area contributed by atoms with Crippen LogP contribution in [0.15, 0.2) is 117 Å². The normalized spacial score (nSPS) is 23.8. The second-order valence-corrected chi connectivity index (χ2v) is 30.4. The number of allylic oxidation sites excluding steroid dienone is 1. The molecule has 478 valence electrons. The van der Waals surface area contributed by atoms with Crippen LogP contribution in [0.5, 0.6) is 0 Å². The van der Waals surface area contributed by atoms with E-state index in [2.05, 4.69) is 49.4 Å². The fourth-order valence-electron chi connectivity index (χ4n) is 13.9. The van der Waals surface area contributed by atoms with Gasteiger partial charge < -0.3 is 25.3 Å². The number of anilines is 3. The summed E-state index contributed by atoms with van der Waals surface area (Å²) in [6.07, 6.45) is 3.62. The number of piperazine rings is 2. The highest BCUT2D eigenvalue weighted by Crippen LogP contribution is 2.79. The number of nitrogens with one attached hydrogen (secondary N) is 4. The first-order chi connectivity index (χ1) is 42.2. The number of thioether (sulfide) groups is 1. The van der Waals surface area contributed by atoms with Crippen molar-refractivity contribution in [1.29, 1.82) is 0 Å². The minimum absolute atomic E-state index is 0.0215. The number of rotatable bonds is 23. The van der Waals surface area contributed by atoms with Crippen LogP contribution in [-0.4, -0.2) is 174 Å². The van der Waals surface area contributed by atoms with Crippen LogP contribution in [0.3, 0.4) is 0 Å². The number of alkyl halides is 5. The molecule has 4 aromatic rings. The smallest absolute Gasteiger partial charge is 0.385 e. The van der Waals surface area contributed by atoms with Crippen LogP contribution in [0.2, 0.25) is 0 Å². The second kappa shape index (κ2) is 25.3. The Balaban J connectivity index is 0.681. The molecule has 2 bridgehead atoms. The van der Waals surface area contributed by atoms with Crippen LogP contribution in [0.1, 0.15) is 109 Å². The molecule has 5 amide bonds. The maximum absolute atomic E-state index is 14.5. The van der Waals surface area contributed by atoms with Crippen molar-refractivity contribution >= 4 is 78.2 Å². The third-order valence-corrected chi connectivity index (χ3v) is 23.0. The number of halogens is 5. The van der Waals surface area contributed by atoms with E-state index in [0.29, 0.717) is 95.5 Å². The van der Waals surface area contributed by atoms with Crippen LogP contribution in [0.25, 0.3) is 0 Å². The number of hydrogen-bond acceptors (Lipinski definition) is 16. The summed E-state index contributed by atoms with van der Waals surface area (Å²) in [6.45, 7) is 12.7. The maximum Gasteiger partial charge on any atom is 0.501 e. The molecule has 0 aromatic heterocycles. The summed E-state index contributed by atoms with van der Waals surface area (Å²) in [5, 5.41) is 8.52. The highest BCUT2D eigenvalue weighted by molar-refractivity contribution is 7.99. The zero-order chi connectivity index (χ0) is 63.3. The lowest BCUT2D eigenvalue weighted by Crippen LogP contribution is -2.66. The van der Waals surface area contributed by atoms with E-state index in [1.807, 2.05) is 35.1 Å². The molecule has 89 heavy (non-hydrogen) atoms. The van der Waals surface area contributed by atoms with Crippen molar-refractivity contribution in [2.75, 3.05) is 99.8 Å². The average Bonchev–Trinajstić information content (AvgIpc) is 1.11. The monoisotopic (exact) mass is 1290 g/mol. The molecule has 12 rings (SSSR count). The van der Waals surface area contributed by atoms with Gasteiger partial charge in [-0.2, -0.15) is 13.2 Å². The number of benzene rings is 4. The predicted molar refractivity (Wildman–Crippen MR) is 327 cm³/mol. The summed E-state index contributed by atoms with van der Waals surface area (Å²) in [4.78, 5) is 72.8. The quantitative estimate of drug-likeness (QED) is 0.0180.